The third kappa shape index (κ3) is 4.24. The van der Waals surface area contributed by atoms with Crippen molar-refractivity contribution in [3.63, 3.8) is 0 Å². The van der Waals surface area contributed by atoms with Gasteiger partial charge in [-0.3, -0.25) is 0 Å². The summed E-state index contributed by atoms with van der Waals surface area (Å²) in [5.41, 5.74) is 5.00. The molecule has 0 aliphatic carbocycles. The van der Waals surface area contributed by atoms with Crippen LogP contribution in [-0.4, -0.2) is 13.2 Å². The van der Waals surface area contributed by atoms with E-state index in [4.69, 9.17) is 4.74 Å². The summed E-state index contributed by atoms with van der Waals surface area (Å²) in [6, 6.07) is 13.0. The van der Waals surface area contributed by atoms with E-state index in [1.54, 1.807) is 7.11 Å². The van der Waals surface area contributed by atoms with Gasteiger partial charge in [0.1, 0.15) is 5.75 Å². The summed E-state index contributed by atoms with van der Waals surface area (Å²) in [6.07, 6.45) is 0.984. The average molecular weight is 348 g/mol. The molecule has 3 heteroatoms. The van der Waals surface area contributed by atoms with E-state index < -0.39 is 0 Å². The smallest absolute Gasteiger partial charge is 0.118 e. The van der Waals surface area contributed by atoms with Crippen LogP contribution in [0.2, 0.25) is 0 Å². The van der Waals surface area contributed by atoms with Crippen LogP contribution in [-0.2, 0) is 6.42 Å². The zero-order valence-corrected chi connectivity index (χ0v) is 14.6. The predicted molar refractivity (Wildman–Crippen MR) is 93.4 cm³/mol. The Morgan fingerprint density at radius 2 is 1.67 bits per heavy atom. The summed E-state index contributed by atoms with van der Waals surface area (Å²) in [5, 5.41) is 3.58. The topological polar surface area (TPSA) is 21.3 Å². The molecule has 1 atom stereocenters. The Morgan fingerprint density at radius 1 is 1.10 bits per heavy atom. The van der Waals surface area contributed by atoms with Crippen LogP contribution in [0, 0.1) is 13.8 Å². The molecular formula is C18H22BrNO. The van der Waals surface area contributed by atoms with Gasteiger partial charge in [-0.15, -0.1) is 0 Å². The summed E-state index contributed by atoms with van der Waals surface area (Å²) >= 11 is 3.61. The van der Waals surface area contributed by atoms with Crippen LogP contribution in [0.25, 0.3) is 0 Å². The van der Waals surface area contributed by atoms with Gasteiger partial charge in [-0.2, -0.15) is 0 Å². The maximum Gasteiger partial charge on any atom is 0.118 e. The lowest BCUT2D eigenvalue weighted by Crippen LogP contribution is -2.18. The molecule has 0 aromatic heterocycles. The predicted octanol–water partition coefficient (Wildman–Crippen LogP) is 5.12. The first-order valence-electron chi connectivity index (χ1n) is 7.16. The maximum atomic E-state index is 5.19. The van der Waals surface area contributed by atoms with Gasteiger partial charge in [-0.25, -0.2) is 0 Å². The molecule has 0 radical (unpaired) electrons. The molecule has 1 N–H and O–H groups in total. The van der Waals surface area contributed by atoms with E-state index in [-0.39, 0.29) is 0 Å². The van der Waals surface area contributed by atoms with Crippen molar-refractivity contribution >= 4 is 21.6 Å². The van der Waals surface area contributed by atoms with Gasteiger partial charge in [0.2, 0.25) is 0 Å². The van der Waals surface area contributed by atoms with E-state index in [9.17, 15) is 0 Å². The fourth-order valence-corrected chi connectivity index (χ4v) is 2.71. The molecule has 1 unspecified atom stereocenters. The van der Waals surface area contributed by atoms with Crippen LogP contribution in [0.4, 0.5) is 5.69 Å². The molecule has 0 amide bonds. The molecule has 0 bridgehead atoms. The molecule has 0 saturated carbocycles. The fraction of sp³-hybridized carbons (Fsp3) is 0.333. The third-order valence-electron chi connectivity index (χ3n) is 3.55. The Balaban J connectivity index is 2.02. The van der Waals surface area contributed by atoms with E-state index in [0.29, 0.717) is 6.04 Å². The minimum absolute atomic E-state index is 0.373. The van der Waals surface area contributed by atoms with Crippen molar-refractivity contribution in [3.05, 3.63) is 57.6 Å². The molecule has 2 nitrogen and oxygen atoms in total. The van der Waals surface area contributed by atoms with Crippen LogP contribution < -0.4 is 10.1 Å². The number of ether oxygens (including phenoxy) is 1. The van der Waals surface area contributed by atoms with Gasteiger partial charge in [0.05, 0.1) is 7.11 Å². The van der Waals surface area contributed by atoms with Crippen molar-refractivity contribution < 1.29 is 4.74 Å². The zero-order chi connectivity index (χ0) is 15.4. The van der Waals surface area contributed by atoms with Gasteiger partial charge in [0, 0.05) is 16.2 Å². The second-order valence-electron chi connectivity index (χ2n) is 5.52. The van der Waals surface area contributed by atoms with Gasteiger partial charge in [-0.05, 0) is 68.1 Å². The number of hydrogen-bond donors (Lipinski definition) is 1. The minimum Gasteiger partial charge on any atom is -0.497 e. The van der Waals surface area contributed by atoms with E-state index >= 15 is 0 Å². The lowest BCUT2D eigenvalue weighted by molar-refractivity contribution is 0.414. The molecule has 112 valence electrons. The van der Waals surface area contributed by atoms with Crippen LogP contribution in [0.3, 0.4) is 0 Å². The largest absolute Gasteiger partial charge is 0.497 e. The summed E-state index contributed by atoms with van der Waals surface area (Å²) in [5.74, 6) is 0.901. The lowest BCUT2D eigenvalue weighted by atomic mass is 10.1. The Hall–Kier alpha value is -1.48. The van der Waals surface area contributed by atoms with Gasteiger partial charge in [0.25, 0.3) is 0 Å². The highest BCUT2D eigenvalue weighted by molar-refractivity contribution is 9.10. The highest BCUT2D eigenvalue weighted by atomic mass is 79.9. The Labute approximate surface area is 135 Å². The van der Waals surface area contributed by atoms with Gasteiger partial charge in [-0.1, -0.05) is 28.1 Å². The molecule has 0 aliphatic rings. The normalized spacial score (nSPS) is 12.0. The fourth-order valence-electron chi connectivity index (χ4n) is 2.48. The van der Waals surface area contributed by atoms with E-state index in [1.807, 2.05) is 12.1 Å². The van der Waals surface area contributed by atoms with Crippen molar-refractivity contribution in [1.29, 1.82) is 0 Å². The van der Waals surface area contributed by atoms with Gasteiger partial charge in [0.15, 0.2) is 0 Å². The Bertz CT molecular complexity index is 584. The SMILES string of the molecule is COc1ccc(CC(C)Nc2cc(C)c(Br)c(C)c2)cc1. The quantitative estimate of drug-likeness (QED) is 0.810. The summed E-state index contributed by atoms with van der Waals surface area (Å²) in [7, 11) is 1.69. The third-order valence-corrected chi connectivity index (χ3v) is 4.80. The number of anilines is 1. The van der Waals surface area contributed by atoms with Crippen molar-refractivity contribution in [2.24, 2.45) is 0 Å². The number of aryl methyl sites for hydroxylation is 2. The first-order chi connectivity index (χ1) is 9.99. The van der Waals surface area contributed by atoms with Crippen LogP contribution in [0.1, 0.15) is 23.6 Å². The summed E-state index contributed by atoms with van der Waals surface area (Å²) in [4.78, 5) is 0. The van der Waals surface area contributed by atoms with Crippen molar-refractivity contribution in [2.45, 2.75) is 33.2 Å². The average Bonchev–Trinajstić information content (AvgIpc) is 2.45. The number of methoxy groups -OCH3 is 1. The van der Waals surface area contributed by atoms with E-state index in [1.165, 1.54) is 26.9 Å². The highest BCUT2D eigenvalue weighted by Gasteiger charge is 2.07. The van der Waals surface area contributed by atoms with Gasteiger partial charge < -0.3 is 10.1 Å². The maximum absolute atomic E-state index is 5.19. The second kappa shape index (κ2) is 6.99. The van der Waals surface area contributed by atoms with Crippen molar-refractivity contribution in [3.8, 4) is 5.75 Å². The molecule has 2 aromatic carbocycles. The molecule has 0 spiro atoms. The van der Waals surface area contributed by atoms with Gasteiger partial charge >= 0.3 is 0 Å². The molecule has 2 rings (SSSR count). The standard InChI is InChI=1S/C18H22BrNO/c1-12-9-16(10-13(2)18(12)19)20-14(3)11-15-5-7-17(21-4)8-6-15/h5-10,14,20H,11H2,1-4H3. The van der Waals surface area contributed by atoms with E-state index in [0.717, 1.165) is 12.2 Å². The number of nitrogens with one attached hydrogen (secondary N) is 1. The number of hydrogen-bond acceptors (Lipinski definition) is 2. The molecule has 0 fully saturated rings. The Kier molecular flexibility index (Phi) is 5.29. The molecule has 0 saturated heterocycles. The van der Waals surface area contributed by atoms with Crippen LogP contribution >= 0.6 is 15.9 Å². The highest BCUT2D eigenvalue weighted by Crippen LogP contribution is 2.25. The molecule has 0 aliphatic heterocycles. The first-order valence-corrected chi connectivity index (χ1v) is 7.95. The minimum atomic E-state index is 0.373. The summed E-state index contributed by atoms with van der Waals surface area (Å²) in [6.45, 7) is 6.45. The van der Waals surface area contributed by atoms with Crippen LogP contribution in [0.5, 0.6) is 5.75 Å². The second-order valence-corrected chi connectivity index (χ2v) is 6.31. The van der Waals surface area contributed by atoms with Crippen molar-refractivity contribution in [1.82, 2.24) is 0 Å². The Morgan fingerprint density at radius 3 is 2.19 bits per heavy atom. The molecule has 2 aromatic rings. The molecule has 0 heterocycles. The molecular weight excluding hydrogens is 326 g/mol. The zero-order valence-electron chi connectivity index (χ0n) is 13.0. The van der Waals surface area contributed by atoms with E-state index in [2.05, 4.69) is 66.3 Å². The monoisotopic (exact) mass is 347 g/mol. The lowest BCUT2D eigenvalue weighted by Gasteiger charge is -2.17. The van der Waals surface area contributed by atoms with Crippen LogP contribution in [0.15, 0.2) is 40.9 Å². The first kappa shape index (κ1) is 15.9. The number of benzene rings is 2. The van der Waals surface area contributed by atoms with Crippen molar-refractivity contribution in [2.75, 3.05) is 12.4 Å². The number of rotatable bonds is 5. The summed E-state index contributed by atoms with van der Waals surface area (Å²) < 4.78 is 6.38. The number of halogens is 1. The molecule has 21 heavy (non-hydrogen) atoms.